The predicted octanol–water partition coefficient (Wildman–Crippen LogP) is 4.49. The first-order valence-corrected chi connectivity index (χ1v) is 11.2. The van der Waals surface area contributed by atoms with E-state index in [-0.39, 0.29) is 11.4 Å². The SMILES string of the molecule is O=C(Nc1nc(-c2ccc[nH]2)cs1)c1cccc(C(=O)Nc2nc(-c3ccc[nH]3)cs2)n1. The Morgan fingerprint density at radius 3 is 1.62 bits per heavy atom. The number of nitrogens with one attached hydrogen (secondary N) is 4. The zero-order valence-electron chi connectivity index (χ0n) is 16.3. The van der Waals surface area contributed by atoms with Crippen LogP contribution in [-0.2, 0) is 0 Å². The van der Waals surface area contributed by atoms with E-state index in [1.54, 1.807) is 30.6 Å². The minimum atomic E-state index is -0.449. The van der Waals surface area contributed by atoms with Gasteiger partial charge in [0, 0.05) is 23.2 Å². The molecule has 5 rings (SSSR count). The molecule has 4 N–H and O–H groups in total. The van der Waals surface area contributed by atoms with Gasteiger partial charge in [-0.3, -0.25) is 20.2 Å². The van der Waals surface area contributed by atoms with Crippen LogP contribution in [-0.4, -0.2) is 36.7 Å². The highest BCUT2D eigenvalue weighted by Gasteiger charge is 2.16. The maximum absolute atomic E-state index is 12.6. The van der Waals surface area contributed by atoms with Gasteiger partial charge in [-0.15, -0.1) is 22.7 Å². The average Bonchev–Trinajstić information content (AvgIpc) is 3.61. The molecule has 0 fully saturated rings. The van der Waals surface area contributed by atoms with Crippen molar-refractivity contribution in [3.8, 4) is 22.8 Å². The second-order valence-electron chi connectivity index (χ2n) is 6.56. The number of aromatic nitrogens is 5. The minimum Gasteiger partial charge on any atom is -0.360 e. The first-order chi connectivity index (χ1) is 15.7. The van der Waals surface area contributed by atoms with Crippen molar-refractivity contribution >= 4 is 44.8 Å². The lowest BCUT2D eigenvalue weighted by molar-refractivity contribution is 0.101. The molecule has 9 nitrogen and oxygen atoms in total. The first kappa shape index (κ1) is 19.8. The van der Waals surface area contributed by atoms with Gasteiger partial charge in [0.05, 0.1) is 22.8 Å². The van der Waals surface area contributed by atoms with Gasteiger partial charge in [-0.2, -0.15) is 0 Å². The van der Waals surface area contributed by atoms with Gasteiger partial charge in [-0.05, 0) is 36.4 Å². The average molecular weight is 462 g/mol. The molecule has 0 aliphatic rings. The third-order valence-corrected chi connectivity index (χ3v) is 5.93. The van der Waals surface area contributed by atoms with Gasteiger partial charge in [-0.1, -0.05) is 6.07 Å². The van der Waals surface area contributed by atoms with Crippen LogP contribution in [0.4, 0.5) is 10.3 Å². The summed E-state index contributed by atoms with van der Waals surface area (Å²) in [4.78, 5) is 44.4. The van der Waals surface area contributed by atoms with Crippen LogP contribution in [0, 0.1) is 0 Å². The van der Waals surface area contributed by atoms with Crippen molar-refractivity contribution in [3.05, 3.63) is 77.0 Å². The quantitative estimate of drug-likeness (QED) is 0.296. The van der Waals surface area contributed by atoms with Crippen molar-refractivity contribution in [2.24, 2.45) is 0 Å². The topological polar surface area (TPSA) is 128 Å². The number of pyridine rings is 1. The minimum absolute atomic E-state index is 0.112. The summed E-state index contributed by atoms with van der Waals surface area (Å²) in [6.07, 6.45) is 3.61. The first-order valence-electron chi connectivity index (χ1n) is 9.44. The van der Waals surface area contributed by atoms with E-state index in [0.717, 1.165) is 22.8 Å². The van der Waals surface area contributed by atoms with Crippen molar-refractivity contribution < 1.29 is 9.59 Å². The van der Waals surface area contributed by atoms with Crippen LogP contribution in [0.15, 0.2) is 65.6 Å². The molecule has 0 aliphatic carbocycles. The van der Waals surface area contributed by atoms with E-state index < -0.39 is 11.8 Å². The van der Waals surface area contributed by atoms with E-state index in [1.807, 2.05) is 35.0 Å². The lowest BCUT2D eigenvalue weighted by Gasteiger charge is -2.04. The zero-order valence-corrected chi connectivity index (χ0v) is 18.0. The van der Waals surface area contributed by atoms with E-state index in [0.29, 0.717) is 10.3 Å². The number of carbonyl (C=O) groups excluding carboxylic acids is 2. The largest absolute Gasteiger partial charge is 0.360 e. The van der Waals surface area contributed by atoms with E-state index in [9.17, 15) is 9.59 Å². The maximum atomic E-state index is 12.6. The predicted molar refractivity (Wildman–Crippen MR) is 124 cm³/mol. The number of hydrogen-bond donors (Lipinski definition) is 4. The third-order valence-electron chi connectivity index (χ3n) is 4.41. The van der Waals surface area contributed by atoms with Gasteiger partial charge in [0.2, 0.25) is 0 Å². The van der Waals surface area contributed by atoms with Crippen LogP contribution >= 0.6 is 22.7 Å². The molecule has 0 spiro atoms. The van der Waals surface area contributed by atoms with Gasteiger partial charge in [0.25, 0.3) is 11.8 Å². The molecule has 2 amide bonds. The Balaban J connectivity index is 1.26. The molecule has 11 heteroatoms. The number of anilines is 2. The summed E-state index contributed by atoms with van der Waals surface area (Å²) < 4.78 is 0. The van der Waals surface area contributed by atoms with Gasteiger partial charge in [0.1, 0.15) is 11.4 Å². The van der Waals surface area contributed by atoms with Gasteiger partial charge >= 0.3 is 0 Å². The lowest BCUT2D eigenvalue weighted by Crippen LogP contribution is -2.18. The summed E-state index contributed by atoms with van der Waals surface area (Å²) in [5, 5.41) is 10.0. The molecule has 0 aliphatic heterocycles. The summed E-state index contributed by atoms with van der Waals surface area (Å²) in [7, 11) is 0. The van der Waals surface area contributed by atoms with Crippen molar-refractivity contribution in [3.63, 3.8) is 0 Å². The molecule has 5 heterocycles. The Labute approximate surface area is 189 Å². The van der Waals surface area contributed by atoms with Gasteiger partial charge in [-0.25, -0.2) is 15.0 Å². The molecule has 0 saturated carbocycles. The Morgan fingerprint density at radius 2 is 1.19 bits per heavy atom. The smallest absolute Gasteiger partial charge is 0.276 e. The number of carbonyl (C=O) groups is 2. The van der Waals surface area contributed by atoms with Crippen LogP contribution in [0.5, 0.6) is 0 Å². The lowest BCUT2D eigenvalue weighted by atomic mass is 10.3. The molecule has 0 radical (unpaired) electrons. The summed E-state index contributed by atoms with van der Waals surface area (Å²) in [5.41, 5.74) is 3.42. The Hall–Kier alpha value is -4.09. The number of nitrogens with zero attached hydrogens (tertiary/aromatic N) is 3. The summed E-state index contributed by atoms with van der Waals surface area (Å²) in [6, 6.07) is 12.2. The third kappa shape index (κ3) is 4.19. The van der Waals surface area contributed by atoms with Crippen molar-refractivity contribution in [2.75, 3.05) is 10.6 Å². The maximum Gasteiger partial charge on any atom is 0.276 e. The van der Waals surface area contributed by atoms with Crippen LogP contribution in [0.3, 0.4) is 0 Å². The number of thiazole rings is 2. The molecule has 5 aromatic heterocycles. The van der Waals surface area contributed by atoms with Crippen LogP contribution in [0.2, 0.25) is 0 Å². The summed E-state index contributed by atoms with van der Waals surface area (Å²) in [5.74, 6) is -0.898. The van der Waals surface area contributed by atoms with Crippen molar-refractivity contribution in [2.45, 2.75) is 0 Å². The monoisotopic (exact) mass is 461 g/mol. The van der Waals surface area contributed by atoms with Crippen LogP contribution in [0.1, 0.15) is 21.0 Å². The van der Waals surface area contributed by atoms with Crippen LogP contribution < -0.4 is 10.6 Å². The molecule has 5 aromatic rings. The Morgan fingerprint density at radius 1 is 0.688 bits per heavy atom. The standard InChI is InChI=1S/C21H15N7O2S2/c29-18(27-20-25-16(10-31-20)12-6-2-8-22-12)14-4-1-5-15(24-14)19(30)28-21-26-17(11-32-21)13-7-3-9-23-13/h1-11,22-23H,(H,25,27,29)(H,26,28,30). The molecule has 0 saturated heterocycles. The van der Waals surface area contributed by atoms with Gasteiger partial charge in [0.15, 0.2) is 10.3 Å². The molecular weight excluding hydrogens is 446 g/mol. The molecule has 0 bridgehead atoms. The fraction of sp³-hybridized carbons (Fsp3) is 0. The number of amides is 2. The normalized spacial score (nSPS) is 10.8. The zero-order chi connectivity index (χ0) is 21.9. The fourth-order valence-corrected chi connectivity index (χ4v) is 4.31. The molecular formula is C21H15N7O2S2. The van der Waals surface area contributed by atoms with E-state index in [1.165, 1.54) is 22.7 Å². The molecule has 158 valence electrons. The molecule has 0 atom stereocenters. The van der Waals surface area contributed by atoms with E-state index >= 15 is 0 Å². The van der Waals surface area contributed by atoms with Crippen molar-refractivity contribution in [1.82, 2.24) is 24.9 Å². The van der Waals surface area contributed by atoms with Gasteiger partial charge < -0.3 is 9.97 Å². The molecule has 32 heavy (non-hydrogen) atoms. The number of aromatic amines is 2. The van der Waals surface area contributed by atoms with E-state index in [4.69, 9.17) is 0 Å². The van der Waals surface area contributed by atoms with E-state index in [2.05, 4.69) is 35.6 Å². The number of H-pyrrole nitrogens is 2. The van der Waals surface area contributed by atoms with Crippen molar-refractivity contribution in [1.29, 1.82) is 0 Å². The summed E-state index contributed by atoms with van der Waals surface area (Å²) >= 11 is 2.61. The molecule has 0 aromatic carbocycles. The van der Waals surface area contributed by atoms with Crippen LogP contribution in [0.25, 0.3) is 22.8 Å². The second-order valence-corrected chi connectivity index (χ2v) is 8.28. The Bertz CT molecular complexity index is 1270. The highest BCUT2D eigenvalue weighted by Crippen LogP contribution is 2.25. The molecule has 0 unspecified atom stereocenters. The Kier molecular flexibility index (Phi) is 5.32. The second kappa shape index (κ2) is 8.57. The highest BCUT2D eigenvalue weighted by atomic mass is 32.1. The number of rotatable bonds is 6. The highest BCUT2D eigenvalue weighted by molar-refractivity contribution is 7.14. The fourth-order valence-electron chi connectivity index (χ4n) is 2.90. The number of hydrogen-bond acceptors (Lipinski definition) is 7. The summed E-state index contributed by atoms with van der Waals surface area (Å²) in [6.45, 7) is 0.